The van der Waals surface area contributed by atoms with Crippen molar-refractivity contribution in [3.05, 3.63) is 59.7 Å². The number of alkyl carbamates (subject to hydrolysis) is 1. The number of hydrogen-bond donors (Lipinski definition) is 2. The number of nitrogens with zero attached hydrogens (tertiary/aromatic N) is 1. The fraction of sp³-hybridized carbons (Fsp3) is 0.423. The van der Waals surface area contributed by atoms with Gasteiger partial charge in [0.2, 0.25) is 5.91 Å². The number of rotatable bonds is 7. The molecular weight excluding hydrogens is 458 g/mol. The summed E-state index contributed by atoms with van der Waals surface area (Å²) in [6.07, 6.45) is 0.268. The summed E-state index contributed by atoms with van der Waals surface area (Å²) in [7, 11) is 1.26. The number of likely N-dealkylation sites (N-methyl/N-ethyl adjacent to an activating group) is 1. The molecule has 0 radical (unpaired) electrons. The first-order valence-electron chi connectivity index (χ1n) is 11.7. The van der Waals surface area contributed by atoms with Crippen LogP contribution in [0.15, 0.2) is 48.5 Å². The molecule has 0 unspecified atom stereocenters. The molecule has 0 heterocycles. The lowest BCUT2D eigenvalue weighted by atomic mass is 9.75. The number of carboxylic acids is 1. The summed E-state index contributed by atoms with van der Waals surface area (Å²) in [4.78, 5) is 37.6. The molecule has 5 rings (SSSR count). The van der Waals surface area contributed by atoms with Crippen molar-refractivity contribution in [1.29, 1.82) is 0 Å². The van der Waals surface area contributed by atoms with Gasteiger partial charge in [-0.25, -0.2) is 18.4 Å². The van der Waals surface area contributed by atoms with Crippen LogP contribution in [0.4, 0.5) is 13.6 Å². The average molecular weight is 484 g/mol. The number of fused-ring (bicyclic) bond motifs is 3. The number of hydrogen-bond acceptors (Lipinski definition) is 4. The van der Waals surface area contributed by atoms with Crippen molar-refractivity contribution in [3.8, 4) is 11.1 Å². The number of carbonyl (C=O) groups excluding carboxylic acids is 2. The molecule has 2 fully saturated rings. The van der Waals surface area contributed by atoms with Gasteiger partial charge in [0.25, 0.3) is 5.92 Å². The van der Waals surface area contributed by atoms with Crippen molar-refractivity contribution in [3.63, 3.8) is 0 Å². The number of alkyl halides is 2. The highest BCUT2D eigenvalue weighted by Crippen LogP contribution is 2.56. The van der Waals surface area contributed by atoms with E-state index >= 15 is 0 Å². The summed E-state index contributed by atoms with van der Waals surface area (Å²) < 4.78 is 34.2. The monoisotopic (exact) mass is 484 g/mol. The third kappa shape index (κ3) is 3.64. The number of amides is 2. The molecule has 0 bridgehead atoms. The first kappa shape index (κ1) is 23.3. The number of carbonyl (C=O) groups is 3. The molecule has 3 aliphatic carbocycles. The maximum Gasteiger partial charge on any atom is 0.407 e. The maximum absolute atomic E-state index is 14.4. The van der Waals surface area contributed by atoms with Crippen molar-refractivity contribution in [2.75, 3.05) is 20.2 Å². The molecule has 2 aromatic carbocycles. The van der Waals surface area contributed by atoms with Crippen LogP contribution in [-0.2, 0) is 14.3 Å². The molecular formula is C26H26F2N2O5. The predicted octanol–water partition coefficient (Wildman–Crippen LogP) is 3.87. The lowest BCUT2D eigenvalue weighted by molar-refractivity contribution is -0.165. The Morgan fingerprint density at radius 2 is 1.63 bits per heavy atom. The minimum atomic E-state index is -3.31. The van der Waals surface area contributed by atoms with Gasteiger partial charge in [-0.15, -0.1) is 0 Å². The van der Waals surface area contributed by atoms with E-state index in [9.17, 15) is 28.3 Å². The third-order valence-electron chi connectivity index (χ3n) is 7.83. The normalized spacial score (nSPS) is 22.8. The van der Waals surface area contributed by atoms with Gasteiger partial charge in [0.1, 0.15) is 18.1 Å². The Labute approximate surface area is 201 Å². The molecule has 2 aromatic rings. The molecule has 0 aliphatic heterocycles. The molecule has 35 heavy (non-hydrogen) atoms. The molecule has 2 amide bonds. The van der Waals surface area contributed by atoms with Gasteiger partial charge in [-0.05, 0) is 41.5 Å². The fourth-order valence-corrected chi connectivity index (χ4v) is 5.45. The lowest BCUT2D eigenvalue weighted by Gasteiger charge is -2.45. The first-order valence-corrected chi connectivity index (χ1v) is 11.7. The van der Waals surface area contributed by atoms with Crippen LogP contribution in [-0.4, -0.2) is 59.6 Å². The first-order chi connectivity index (χ1) is 16.7. The van der Waals surface area contributed by atoms with E-state index in [0.29, 0.717) is 6.42 Å². The van der Waals surface area contributed by atoms with Gasteiger partial charge in [-0.2, -0.15) is 0 Å². The van der Waals surface area contributed by atoms with Gasteiger partial charge in [-0.3, -0.25) is 4.79 Å². The van der Waals surface area contributed by atoms with E-state index in [1.54, 1.807) is 0 Å². The molecule has 2 N–H and O–H groups in total. The molecule has 184 valence electrons. The highest BCUT2D eigenvalue weighted by Gasteiger charge is 2.73. The van der Waals surface area contributed by atoms with Crippen molar-refractivity contribution in [1.82, 2.24) is 10.2 Å². The molecule has 9 heteroatoms. The van der Waals surface area contributed by atoms with Gasteiger partial charge in [0, 0.05) is 19.5 Å². The number of carboxylic acid groups (broad SMARTS) is 1. The Kier molecular flexibility index (Phi) is 5.53. The van der Waals surface area contributed by atoms with E-state index in [2.05, 4.69) is 5.32 Å². The summed E-state index contributed by atoms with van der Waals surface area (Å²) in [6, 6.07) is 15.7. The second-order valence-electron chi connectivity index (χ2n) is 9.55. The van der Waals surface area contributed by atoms with Gasteiger partial charge in [0.05, 0.1) is 5.92 Å². The average Bonchev–Trinajstić information content (AvgIpc) is 3.20. The Balaban J connectivity index is 1.18. The predicted molar refractivity (Wildman–Crippen MR) is 122 cm³/mol. The van der Waals surface area contributed by atoms with Crippen LogP contribution < -0.4 is 5.32 Å². The zero-order chi connectivity index (χ0) is 25.0. The molecule has 0 aromatic heterocycles. The quantitative estimate of drug-likeness (QED) is 0.622. The molecule has 0 saturated heterocycles. The fourth-order valence-electron chi connectivity index (χ4n) is 5.45. The Bertz CT molecular complexity index is 1150. The molecule has 7 nitrogen and oxygen atoms in total. The Hall–Kier alpha value is -3.49. The molecule has 0 spiro atoms. The third-order valence-corrected chi connectivity index (χ3v) is 7.83. The van der Waals surface area contributed by atoms with E-state index in [-0.39, 0.29) is 25.4 Å². The van der Waals surface area contributed by atoms with Crippen LogP contribution in [0.3, 0.4) is 0 Å². The zero-order valence-corrected chi connectivity index (χ0v) is 19.2. The molecule has 2 saturated carbocycles. The number of nitrogens with one attached hydrogen (secondary N) is 1. The second-order valence-corrected chi connectivity index (χ2v) is 9.55. The largest absolute Gasteiger partial charge is 0.479 e. The van der Waals surface area contributed by atoms with E-state index in [4.69, 9.17) is 4.74 Å². The molecule has 3 aliphatic rings. The minimum absolute atomic E-state index is 0.0488. The summed E-state index contributed by atoms with van der Waals surface area (Å²) in [6.45, 7) is -0.388. The summed E-state index contributed by atoms with van der Waals surface area (Å²) in [5, 5.41) is 11.9. The van der Waals surface area contributed by atoms with Gasteiger partial charge >= 0.3 is 12.1 Å². The van der Waals surface area contributed by atoms with Gasteiger partial charge in [-0.1, -0.05) is 48.5 Å². The van der Waals surface area contributed by atoms with E-state index in [1.807, 2.05) is 48.5 Å². The maximum atomic E-state index is 14.4. The lowest BCUT2D eigenvalue weighted by Crippen LogP contribution is -2.60. The topological polar surface area (TPSA) is 95.9 Å². The van der Waals surface area contributed by atoms with E-state index < -0.39 is 47.8 Å². The van der Waals surface area contributed by atoms with Gasteiger partial charge in [0.15, 0.2) is 0 Å². The van der Waals surface area contributed by atoms with Crippen LogP contribution in [0.1, 0.15) is 36.3 Å². The Morgan fingerprint density at radius 1 is 1.06 bits per heavy atom. The van der Waals surface area contributed by atoms with Crippen LogP contribution in [0, 0.1) is 11.8 Å². The van der Waals surface area contributed by atoms with E-state index in [0.717, 1.165) is 27.2 Å². The van der Waals surface area contributed by atoms with Crippen molar-refractivity contribution < 1.29 is 33.0 Å². The SMILES string of the molecule is CN(C(=O)[C@@H]1[C@H](CNC(=O)OCC2c3ccccc3-c3ccccc32)C1(F)F)C1(C(=O)O)CCC1. The second kappa shape index (κ2) is 8.32. The van der Waals surface area contributed by atoms with Crippen molar-refractivity contribution >= 4 is 18.0 Å². The summed E-state index contributed by atoms with van der Waals surface area (Å²) in [5.41, 5.74) is 2.80. The number of aliphatic carboxylic acids is 1. The minimum Gasteiger partial charge on any atom is -0.479 e. The number of halogens is 2. The number of ether oxygens (including phenoxy) is 1. The van der Waals surface area contributed by atoms with Crippen LogP contribution in [0.25, 0.3) is 11.1 Å². The standard InChI is InChI=1S/C26H26F2N2O5/c1-30(25(23(32)33)11-6-12-25)22(31)21-20(26(21,27)28)13-29-24(34)35-14-19-17-9-4-2-7-15(17)16-8-3-5-10-18(16)19/h2-5,7-10,19-21H,6,11-14H2,1H3,(H,29,34)(H,32,33)/t20-,21-/m0/s1. The highest BCUT2D eigenvalue weighted by atomic mass is 19.3. The van der Waals surface area contributed by atoms with Gasteiger partial charge < -0.3 is 20.1 Å². The summed E-state index contributed by atoms with van der Waals surface area (Å²) in [5.74, 6) is -8.62. The zero-order valence-electron chi connectivity index (χ0n) is 19.2. The number of benzene rings is 2. The van der Waals surface area contributed by atoms with E-state index in [1.165, 1.54) is 7.05 Å². The smallest absolute Gasteiger partial charge is 0.407 e. The molecule has 2 atom stereocenters. The summed E-state index contributed by atoms with van der Waals surface area (Å²) >= 11 is 0. The van der Waals surface area contributed by atoms with Crippen molar-refractivity contribution in [2.24, 2.45) is 11.8 Å². The van der Waals surface area contributed by atoms with Crippen LogP contribution in [0.5, 0.6) is 0 Å². The van der Waals surface area contributed by atoms with Crippen LogP contribution in [0.2, 0.25) is 0 Å². The Morgan fingerprint density at radius 3 is 2.14 bits per heavy atom. The van der Waals surface area contributed by atoms with Crippen LogP contribution >= 0.6 is 0 Å². The highest BCUT2D eigenvalue weighted by molar-refractivity contribution is 5.91. The van der Waals surface area contributed by atoms with Crippen molar-refractivity contribution in [2.45, 2.75) is 36.6 Å².